The van der Waals surface area contributed by atoms with Crippen LogP contribution in [0, 0.1) is 11.3 Å². The van der Waals surface area contributed by atoms with E-state index in [0.717, 1.165) is 7.11 Å². The van der Waals surface area contributed by atoms with Crippen molar-refractivity contribution < 1.29 is 17.9 Å². The molecular formula is C15H13F3N4O. The lowest BCUT2D eigenvalue weighted by atomic mass is 10.2. The van der Waals surface area contributed by atoms with Gasteiger partial charge in [-0.3, -0.25) is 0 Å². The topological polar surface area (TPSA) is 62.0 Å². The van der Waals surface area contributed by atoms with E-state index >= 15 is 0 Å². The molecule has 0 N–H and O–H groups in total. The number of methoxy groups -OCH3 is 1. The minimum absolute atomic E-state index is 0.0852. The predicted octanol–water partition coefficient (Wildman–Crippen LogP) is 3.53. The number of rotatable bonds is 4. The Bertz CT molecular complexity index is 723. The summed E-state index contributed by atoms with van der Waals surface area (Å²) in [6, 6.07) is 8.57. The van der Waals surface area contributed by atoms with Crippen molar-refractivity contribution in [3.05, 3.63) is 41.6 Å². The van der Waals surface area contributed by atoms with Crippen molar-refractivity contribution >= 4 is 11.6 Å². The van der Waals surface area contributed by atoms with E-state index in [1.54, 1.807) is 29.2 Å². The van der Waals surface area contributed by atoms with Crippen LogP contribution in [-0.4, -0.2) is 23.6 Å². The van der Waals surface area contributed by atoms with Crippen LogP contribution in [0.1, 0.15) is 18.1 Å². The summed E-state index contributed by atoms with van der Waals surface area (Å²) in [6.07, 6.45) is -3.89. The second-order valence-electron chi connectivity index (χ2n) is 4.49. The molecule has 0 amide bonds. The van der Waals surface area contributed by atoms with E-state index in [9.17, 15) is 13.2 Å². The summed E-state index contributed by atoms with van der Waals surface area (Å²) in [5.41, 5.74) is 0.115. The van der Waals surface area contributed by atoms with Gasteiger partial charge in [-0.05, 0) is 31.2 Å². The number of hydrogen-bond acceptors (Lipinski definition) is 5. The second-order valence-corrected chi connectivity index (χ2v) is 4.49. The van der Waals surface area contributed by atoms with E-state index in [0.29, 0.717) is 24.0 Å². The summed E-state index contributed by atoms with van der Waals surface area (Å²) in [5, 5.41) is 8.81. The van der Waals surface area contributed by atoms with Gasteiger partial charge >= 0.3 is 6.18 Å². The molecule has 0 atom stereocenters. The summed E-state index contributed by atoms with van der Waals surface area (Å²) in [4.78, 5) is 9.26. The maximum absolute atomic E-state index is 12.9. The van der Waals surface area contributed by atoms with Gasteiger partial charge in [-0.25, -0.2) is 4.98 Å². The molecule has 23 heavy (non-hydrogen) atoms. The number of benzene rings is 1. The standard InChI is InChI=1S/C15H13F3N4O/c1-3-22(11-6-4-10(8-19)5-7-11)14-20-9-12(15(16,17)18)13(21-14)23-2/h4-7,9H,3H2,1-2H3. The molecule has 0 aliphatic carbocycles. The Balaban J connectivity index is 2.43. The van der Waals surface area contributed by atoms with Crippen molar-refractivity contribution in [1.82, 2.24) is 9.97 Å². The number of nitrogens with zero attached hydrogens (tertiary/aromatic N) is 4. The molecule has 8 heteroatoms. The highest BCUT2D eigenvalue weighted by atomic mass is 19.4. The molecule has 1 heterocycles. The minimum Gasteiger partial charge on any atom is -0.480 e. The zero-order valence-electron chi connectivity index (χ0n) is 12.4. The highest BCUT2D eigenvalue weighted by Gasteiger charge is 2.36. The lowest BCUT2D eigenvalue weighted by molar-refractivity contribution is -0.139. The summed E-state index contributed by atoms with van der Waals surface area (Å²) in [6.45, 7) is 2.24. The molecule has 1 aromatic carbocycles. The van der Waals surface area contributed by atoms with E-state index in [1.807, 2.05) is 13.0 Å². The van der Waals surface area contributed by atoms with Gasteiger partial charge in [0.15, 0.2) is 0 Å². The molecule has 0 saturated heterocycles. The van der Waals surface area contributed by atoms with Crippen LogP contribution in [0.4, 0.5) is 24.8 Å². The molecule has 5 nitrogen and oxygen atoms in total. The van der Waals surface area contributed by atoms with Gasteiger partial charge in [0.05, 0.1) is 18.7 Å². The lowest BCUT2D eigenvalue weighted by Gasteiger charge is -2.22. The van der Waals surface area contributed by atoms with Crippen LogP contribution >= 0.6 is 0 Å². The smallest absolute Gasteiger partial charge is 0.423 e. The van der Waals surface area contributed by atoms with E-state index < -0.39 is 17.6 Å². The largest absolute Gasteiger partial charge is 0.480 e. The molecular weight excluding hydrogens is 309 g/mol. The number of anilines is 2. The van der Waals surface area contributed by atoms with Crippen molar-refractivity contribution in [1.29, 1.82) is 5.26 Å². The maximum atomic E-state index is 12.9. The highest BCUT2D eigenvalue weighted by molar-refractivity contribution is 5.59. The zero-order chi connectivity index (χ0) is 17.0. The summed E-state index contributed by atoms with van der Waals surface area (Å²) in [5.74, 6) is -0.448. The van der Waals surface area contributed by atoms with Crippen LogP contribution in [-0.2, 0) is 6.18 Å². The predicted molar refractivity (Wildman–Crippen MR) is 77.4 cm³/mol. The average molecular weight is 322 g/mol. The number of ether oxygens (including phenoxy) is 1. The van der Waals surface area contributed by atoms with Crippen LogP contribution in [0.15, 0.2) is 30.5 Å². The molecule has 0 radical (unpaired) electrons. The maximum Gasteiger partial charge on any atom is 0.423 e. The van der Waals surface area contributed by atoms with Gasteiger partial charge in [-0.1, -0.05) is 0 Å². The van der Waals surface area contributed by atoms with Gasteiger partial charge < -0.3 is 9.64 Å². The molecule has 120 valence electrons. The van der Waals surface area contributed by atoms with E-state index in [2.05, 4.69) is 9.97 Å². The Kier molecular flexibility index (Phi) is 4.69. The van der Waals surface area contributed by atoms with E-state index in [-0.39, 0.29) is 5.95 Å². The van der Waals surface area contributed by atoms with Crippen LogP contribution in [0.25, 0.3) is 0 Å². The lowest BCUT2D eigenvalue weighted by Crippen LogP contribution is -2.20. The summed E-state index contributed by atoms with van der Waals surface area (Å²) < 4.78 is 43.3. The highest BCUT2D eigenvalue weighted by Crippen LogP contribution is 2.35. The molecule has 1 aromatic heterocycles. The fraction of sp³-hybridized carbons (Fsp3) is 0.267. The number of nitriles is 1. The first kappa shape index (κ1) is 16.5. The zero-order valence-corrected chi connectivity index (χ0v) is 12.4. The molecule has 0 bridgehead atoms. The van der Waals surface area contributed by atoms with Crippen LogP contribution in [0.5, 0.6) is 5.88 Å². The van der Waals surface area contributed by atoms with Gasteiger partial charge in [-0.15, -0.1) is 0 Å². The van der Waals surface area contributed by atoms with Crippen molar-refractivity contribution in [2.75, 3.05) is 18.6 Å². The fourth-order valence-corrected chi connectivity index (χ4v) is 1.99. The van der Waals surface area contributed by atoms with E-state index in [1.165, 1.54) is 0 Å². The molecule has 2 rings (SSSR count). The average Bonchev–Trinajstić information content (AvgIpc) is 2.55. The molecule has 2 aromatic rings. The van der Waals surface area contributed by atoms with Crippen LogP contribution in [0.2, 0.25) is 0 Å². The Morgan fingerprint density at radius 2 is 1.91 bits per heavy atom. The molecule has 0 fully saturated rings. The van der Waals surface area contributed by atoms with Gasteiger partial charge in [-0.2, -0.15) is 23.4 Å². The molecule has 0 aliphatic rings. The normalized spacial score (nSPS) is 11.0. The fourth-order valence-electron chi connectivity index (χ4n) is 1.99. The van der Waals surface area contributed by atoms with Crippen molar-refractivity contribution in [2.24, 2.45) is 0 Å². The molecule has 0 aliphatic heterocycles. The summed E-state index contributed by atoms with van der Waals surface area (Å²) in [7, 11) is 1.12. The third kappa shape index (κ3) is 3.51. The Morgan fingerprint density at radius 3 is 2.39 bits per heavy atom. The van der Waals surface area contributed by atoms with Crippen molar-refractivity contribution in [2.45, 2.75) is 13.1 Å². The number of aromatic nitrogens is 2. The molecule has 0 unspecified atom stereocenters. The first-order valence-corrected chi connectivity index (χ1v) is 6.66. The van der Waals surface area contributed by atoms with Gasteiger partial charge in [0, 0.05) is 18.4 Å². The Labute approximate surface area is 131 Å². The molecule has 0 saturated carbocycles. The van der Waals surface area contributed by atoms with Crippen LogP contribution < -0.4 is 9.64 Å². The van der Waals surface area contributed by atoms with E-state index in [4.69, 9.17) is 10.00 Å². The first-order chi connectivity index (χ1) is 10.9. The SMILES string of the molecule is CCN(c1ccc(C#N)cc1)c1ncc(C(F)(F)F)c(OC)n1. The van der Waals surface area contributed by atoms with Gasteiger partial charge in [0.25, 0.3) is 0 Å². The summed E-state index contributed by atoms with van der Waals surface area (Å²) >= 11 is 0. The number of halogens is 3. The minimum atomic E-state index is -4.59. The van der Waals surface area contributed by atoms with Crippen molar-refractivity contribution in [3.63, 3.8) is 0 Å². The monoisotopic (exact) mass is 322 g/mol. The van der Waals surface area contributed by atoms with Gasteiger partial charge in [0.1, 0.15) is 5.56 Å². The third-order valence-electron chi connectivity index (χ3n) is 3.11. The second kappa shape index (κ2) is 6.52. The first-order valence-electron chi connectivity index (χ1n) is 6.66. The van der Waals surface area contributed by atoms with Crippen LogP contribution in [0.3, 0.4) is 0 Å². The number of alkyl halides is 3. The molecule has 0 spiro atoms. The van der Waals surface area contributed by atoms with Crippen molar-refractivity contribution in [3.8, 4) is 11.9 Å². The Hall–Kier alpha value is -2.82. The Morgan fingerprint density at radius 1 is 1.26 bits per heavy atom. The number of hydrogen-bond donors (Lipinski definition) is 0. The quantitative estimate of drug-likeness (QED) is 0.861. The van der Waals surface area contributed by atoms with Gasteiger partial charge in [0.2, 0.25) is 11.8 Å². The third-order valence-corrected chi connectivity index (χ3v) is 3.11.